The van der Waals surface area contributed by atoms with Crippen LogP contribution >= 0.6 is 0 Å². The Kier molecular flexibility index (Phi) is 3.47. The molecule has 0 spiro atoms. The van der Waals surface area contributed by atoms with E-state index in [2.05, 4.69) is 16.8 Å². The second-order valence-corrected chi connectivity index (χ2v) is 4.33. The number of benzene rings is 1. The molecule has 0 bridgehead atoms. The second-order valence-electron chi connectivity index (χ2n) is 4.33. The summed E-state index contributed by atoms with van der Waals surface area (Å²) in [5, 5.41) is 1.00. The van der Waals surface area contributed by atoms with Crippen molar-refractivity contribution in [2.24, 2.45) is 0 Å². The monoisotopic (exact) mass is 230 g/mol. The smallest absolute Gasteiger partial charge is 0.154 e. The number of carbonyl (C=O) groups excluding carboxylic acids is 1. The van der Waals surface area contributed by atoms with E-state index in [1.54, 1.807) is 0 Å². The Hall–Kier alpha value is -1.77. The lowest BCUT2D eigenvalue weighted by molar-refractivity contribution is 0.112. The number of rotatable bonds is 5. The summed E-state index contributed by atoms with van der Waals surface area (Å²) in [7, 11) is 2.02. The summed E-state index contributed by atoms with van der Waals surface area (Å²) < 4.78 is 0. The molecular formula is C14H18N2O. The Bertz CT molecular complexity index is 516. The predicted octanol–water partition coefficient (Wildman–Crippen LogP) is 3.22. The number of nitrogens with one attached hydrogen (secondary N) is 1. The minimum Gasteiger partial charge on any atom is -0.361 e. The molecule has 0 saturated heterocycles. The van der Waals surface area contributed by atoms with E-state index in [4.69, 9.17) is 0 Å². The average molecular weight is 230 g/mol. The van der Waals surface area contributed by atoms with Crippen LogP contribution in [0.4, 0.5) is 5.82 Å². The molecule has 1 N–H and O–H groups in total. The van der Waals surface area contributed by atoms with Crippen LogP contribution in [-0.2, 0) is 0 Å². The first kappa shape index (κ1) is 11.7. The number of hydrogen-bond acceptors (Lipinski definition) is 2. The van der Waals surface area contributed by atoms with Crippen molar-refractivity contribution < 1.29 is 4.79 Å². The molecule has 1 heterocycles. The standard InChI is InChI=1S/C14H18N2O/c1-3-4-9-16(2)14-12(10-17)11-7-5-6-8-13(11)15-14/h5-8,10,15H,3-4,9H2,1-2H3. The number of aromatic nitrogens is 1. The number of aromatic amines is 1. The van der Waals surface area contributed by atoms with Gasteiger partial charge in [0.05, 0.1) is 5.56 Å². The predicted molar refractivity (Wildman–Crippen MR) is 71.9 cm³/mol. The van der Waals surface area contributed by atoms with Crippen molar-refractivity contribution in [2.45, 2.75) is 19.8 Å². The summed E-state index contributed by atoms with van der Waals surface area (Å²) in [4.78, 5) is 16.7. The zero-order valence-electron chi connectivity index (χ0n) is 10.4. The molecule has 1 aromatic heterocycles. The SMILES string of the molecule is CCCCN(C)c1[nH]c2ccccc2c1C=O. The van der Waals surface area contributed by atoms with Crippen molar-refractivity contribution in [1.29, 1.82) is 0 Å². The summed E-state index contributed by atoms with van der Waals surface area (Å²) in [6.07, 6.45) is 3.22. The fourth-order valence-corrected chi connectivity index (χ4v) is 2.08. The molecule has 2 aromatic rings. The van der Waals surface area contributed by atoms with Gasteiger partial charge in [0.2, 0.25) is 0 Å². The summed E-state index contributed by atoms with van der Waals surface area (Å²) in [5.74, 6) is 0.926. The molecule has 0 unspecified atom stereocenters. The molecule has 0 atom stereocenters. The number of hydrogen-bond donors (Lipinski definition) is 1. The van der Waals surface area contributed by atoms with E-state index in [1.165, 1.54) is 0 Å². The van der Waals surface area contributed by atoms with Gasteiger partial charge in [-0.3, -0.25) is 4.79 Å². The Labute approximate surface area is 101 Å². The highest BCUT2D eigenvalue weighted by Gasteiger charge is 2.13. The molecule has 0 saturated carbocycles. The van der Waals surface area contributed by atoms with E-state index in [0.29, 0.717) is 0 Å². The van der Waals surface area contributed by atoms with Gasteiger partial charge < -0.3 is 9.88 Å². The molecule has 3 heteroatoms. The van der Waals surface area contributed by atoms with Crippen molar-refractivity contribution in [3.8, 4) is 0 Å². The number of H-pyrrole nitrogens is 1. The minimum absolute atomic E-state index is 0.763. The molecule has 0 radical (unpaired) electrons. The van der Waals surface area contributed by atoms with Crippen LogP contribution in [0.25, 0.3) is 10.9 Å². The molecule has 0 fully saturated rings. The van der Waals surface area contributed by atoms with E-state index in [-0.39, 0.29) is 0 Å². The van der Waals surface area contributed by atoms with Crippen LogP contribution in [0.1, 0.15) is 30.1 Å². The van der Waals surface area contributed by atoms with Crippen LogP contribution in [0.15, 0.2) is 24.3 Å². The van der Waals surface area contributed by atoms with Crippen LogP contribution in [0.5, 0.6) is 0 Å². The lowest BCUT2D eigenvalue weighted by Crippen LogP contribution is -2.19. The maximum absolute atomic E-state index is 11.2. The van der Waals surface area contributed by atoms with Gasteiger partial charge >= 0.3 is 0 Å². The van der Waals surface area contributed by atoms with E-state index < -0.39 is 0 Å². The first-order chi connectivity index (χ1) is 8.27. The summed E-state index contributed by atoms with van der Waals surface area (Å²) in [6, 6.07) is 7.91. The Morgan fingerprint density at radius 1 is 1.35 bits per heavy atom. The van der Waals surface area contributed by atoms with Crippen LogP contribution in [0, 0.1) is 0 Å². The van der Waals surface area contributed by atoms with Gasteiger partial charge in [0.25, 0.3) is 0 Å². The maximum Gasteiger partial charge on any atom is 0.154 e. The maximum atomic E-state index is 11.2. The highest BCUT2D eigenvalue weighted by molar-refractivity contribution is 6.03. The number of nitrogens with zero attached hydrogens (tertiary/aromatic N) is 1. The number of aldehydes is 1. The zero-order chi connectivity index (χ0) is 12.3. The van der Waals surface area contributed by atoms with Crippen LogP contribution in [0.3, 0.4) is 0 Å². The van der Waals surface area contributed by atoms with Gasteiger partial charge in [-0.2, -0.15) is 0 Å². The van der Waals surface area contributed by atoms with E-state index >= 15 is 0 Å². The summed E-state index contributed by atoms with van der Waals surface area (Å²) in [6.45, 7) is 3.13. The van der Waals surface area contributed by atoms with E-state index in [1.807, 2.05) is 31.3 Å². The number of fused-ring (bicyclic) bond motifs is 1. The lowest BCUT2D eigenvalue weighted by atomic mass is 10.2. The van der Waals surface area contributed by atoms with Gasteiger partial charge in [0, 0.05) is 24.5 Å². The van der Waals surface area contributed by atoms with Gasteiger partial charge in [-0.05, 0) is 12.5 Å². The molecule has 90 valence electrons. The van der Waals surface area contributed by atoms with Crippen LogP contribution in [0.2, 0.25) is 0 Å². The van der Waals surface area contributed by atoms with Crippen molar-refractivity contribution in [3.05, 3.63) is 29.8 Å². The number of carbonyl (C=O) groups is 1. The third kappa shape index (κ3) is 2.18. The van der Waals surface area contributed by atoms with Gasteiger partial charge in [-0.15, -0.1) is 0 Å². The largest absolute Gasteiger partial charge is 0.361 e. The Morgan fingerprint density at radius 2 is 2.12 bits per heavy atom. The topological polar surface area (TPSA) is 36.1 Å². The number of unbranched alkanes of at least 4 members (excludes halogenated alkanes) is 1. The zero-order valence-corrected chi connectivity index (χ0v) is 10.4. The Morgan fingerprint density at radius 3 is 2.82 bits per heavy atom. The minimum atomic E-state index is 0.763. The van der Waals surface area contributed by atoms with Crippen molar-refractivity contribution >= 4 is 23.0 Å². The quantitative estimate of drug-likeness (QED) is 0.801. The molecule has 0 aliphatic rings. The molecule has 0 aliphatic heterocycles. The molecule has 1 aromatic carbocycles. The molecule has 0 aliphatic carbocycles. The lowest BCUT2D eigenvalue weighted by Gasteiger charge is -2.17. The van der Waals surface area contributed by atoms with Crippen LogP contribution < -0.4 is 4.90 Å². The molecule has 3 nitrogen and oxygen atoms in total. The highest BCUT2D eigenvalue weighted by Crippen LogP contribution is 2.26. The van der Waals surface area contributed by atoms with Crippen molar-refractivity contribution in [2.75, 3.05) is 18.5 Å². The van der Waals surface area contributed by atoms with E-state index in [9.17, 15) is 4.79 Å². The number of anilines is 1. The fourth-order valence-electron chi connectivity index (χ4n) is 2.08. The normalized spacial score (nSPS) is 10.7. The van der Waals surface area contributed by atoms with Gasteiger partial charge in [0.1, 0.15) is 5.82 Å². The van der Waals surface area contributed by atoms with E-state index in [0.717, 1.165) is 48.0 Å². The third-order valence-electron chi connectivity index (χ3n) is 3.07. The molecular weight excluding hydrogens is 212 g/mol. The molecule has 2 rings (SSSR count). The van der Waals surface area contributed by atoms with Crippen LogP contribution in [-0.4, -0.2) is 24.9 Å². The molecule has 0 amide bonds. The average Bonchev–Trinajstić information content (AvgIpc) is 2.74. The Balaban J connectivity index is 2.42. The second kappa shape index (κ2) is 5.04. The number of para-hydroxylation sites is 1. The van der Waals surface area contributed by atoms with Gasteiger partial charge in [-0.1, -0.05) is 31.5 Å². The summed E-state index contributed by atoms with van der Waals surface area (Å²) in [5.41, 5.74) is 1.78. The van der Waals surface area contributed by atoms with Gasteiger partial charge in [0.15, 0.2) is 6.29 Å². The molecule has 17 heavy (non-hydrogen) atoms. The first-order valence-electron chi connectivity index (χ1n) is 6.05. The fraction of sp³-hybridized carbons (Fsp3) is 0.357. The summed E-state index contributed by atoms with van der Waals surface area (Å²) >= 11 is 0. The first-order valence-corrected chi connectivity index (χ1v) is 6.05. The highest BCUT2D eigenvalue weighted by atomic mass is 16.1. The van der Waals surface area contributed by atoms with Crippen molar-refractivity contribution in [3.63, 3.8) is 0 Å². The third-order valence-corrected chi connectivity index (χ3v) is 3.07. The van der Waals surface area contributed by atoms with Crippen molar-refractivity contribution in [1.82, 2.24) is 4.98 Å². The van der Waals surface area contributed by atoms with Gasteiger partial charge in [-0.25, -0.2) is 0 Å².